The molecular weight excluding hydrogens is 349 g/mol. The van der Waals surface area contributed by atoms with Crippen molar-refractivity contribution in [1.29, 1.82) is 0 Å². The minimum atomic E-state index is -0.333. The quantitative estimate of drug-likeness (QED) is 0.687. The van der Waals surface area contributed by atoms with Gasteiger partial charge in [0.1, 0.15) is 6.33 Å². The summed E-state index contributed by atoms with van der Waals surface area (Å²) in [7, 11) is 0. The van der Waals surface area contributed by atoms with E-state index in [1.807, 2.05) is 34.1 Å². The topological polar surface area (TPSA) is 80.0 Å². The van der Waals surface area contributed by atoms with Gasteiger partial charge < -0.3 is 9.80 Å². The van der Waals surface area contributed by atoms with Gasteiger partial charge in [0, 0.05) is 32.4 Å². The second-order valence-corrected chi connectivity index (χ2v) is 6.27. The molecule has 0 saturated carbocycles. The van der Waals surface area contributed by atoms with Crippen molar-refractivity contribution in [1.82, 2.24) is 30.1 Å². The summed E-state index contributed by atoms with van der Waals surface area (Å²) < 4.78 is 15.4. The van der Waals surface area contributed by atoms with E-state index in [0.29, 0.717) is 38.4 Å². The van der Waals surface area contributed by atoms with Crippen LogP contribution in [0.25, 0.3) is 5.69 Å². The Kier molecular flexibility index (Phi) is 4.73. The zero-order valence-electron chi connectivity index (χ0n) is 14.6. The van der Waals surface area contributed by atoms with Crippen LogP contribution in [-0.2, 0) is 11.2 Å². The van der Waals surface area contributed by atoms with Gasteiger partial charge >= 0.3 is 0 Å². The van der Waals surface area contributed by atoms with Crippen molar-refractivity contribution in [2.45, 2.75) is 6.42 Å². The third-order valence-electron chi connectivity index (χ3n) is 4.58. The van der Waals surface area contributed by atoms with Gasteiger partial charge in [-0.2, -0.15) is 0 Å². The number of tetrazole rings is 1. The lowest BCUT2D eigenvalue weighted by atomic mass is 10.1. The summed E-state index contributed by atoms with van der Waals surface area (Å²) >= 11 is 0. The number of benzene rings is 1. The first-order chi connectivity index (χ1) is 13.2. The Hall–Kier alpha value is -3.36. The van der Waals surface area contributed by atoms with Crippen LogP contribution in [0.2, 0.25) is 0 Å². The second-order valence-electron chi connectivity index (χ2n) is 6.27. The number of carbonyl (C=O) groups excluding carboxylic acids is 1. The molecule has 3 heterocycles. The molecule has 0 atom stereocenters. The monoisotopic (exact) mass is 367 g/mol. The van der Waals surface area contributed by atoms with Crippen molar-refractivity contribution in [2.24, 2.45) is 0 Å². The Morgan fingerprint density at radius 2 is 1.85 bits per heavy atom. The molecule has 138 valence electrons. The molecule has 4 rings (SSSR count). The first-order valence-corrected chi connectivity index (χ1v) is 8.66. The molecule has 1 amide bonds. The highest BCUT2D eigenvalue weighted by molar-refractivity contribution is 5.79. The van der Waals surface area contributed by atoms with Crippen LogP contribution in [0.1, 0.15) is 5.56 Å². The van der Waals surface area contributed by atoms with Crippen LogP contribution in [0.5, 0.6) is 0 Å². The molecule has 0 aliphatic carbocycles. The number of amides is 1. The highest BCUT2D eigenvalue weighted by atomic mass is 19.1. The molecule has 9 heteroatoms. The summed E-state index contributed by atoms with van der Waals surface area (Å²) in [6.45, 7) is 2.24. The molecule has 0 N–H and O–H groups in total. The van der Waals surface area contributed by atoms with E-state index in [9.17, 15) is 9.18 Å². The van der Waals surface area contributed by atoms with Gasteiger partial charge in [-0.05, 0) is 40.3 Å². The van der Waals surface area contributed by atoms with Gasteiger partial charge in [-0.3, -0.25) is 4.79 Å². The number of carbonyl (C=O) groups is 1. The Labute approximate surface area is 155 Å². The molecule has 2 aromatic heterocycles. The standard InChI is InChI=1S/C18H18FN7O/c19-16-2-1-7-20-18(16)25-10-8-24(9-11-25)17(27)12-14-3-5-15(6-4-14)26-13-21-22-23-26/h1-7,13H,8-12H2. The zero-order chi connectivity index (χ0) is 18.6. The highest BCUT2D eigenvalue weighted by Gasteiger charge is 2.23. The fraction of sp³-hybridized carbons (Fsp3) is 0.278. The van der Waals surface area contributed by atoms with Crippen molar-refractivity contribution in [2.75, 3.05) is 31.1 Å². The number of rotatable bonds is 4. The maximum atomic E-state index is 13.9. The average molecular weight is 367 g/mol. The van der Waals surface area contributed by atoms with E-state index < -0.39 is 0 Å². The number of pyridine rings is 1. The van der Waals surface area contributed by atoms with Gasteiger partial charge in [-0.1, -0.05) is 12.1 Å². The van der Waals surface area contributed by atoms with Gasteiger partial charge in [0.2, 0.25) is 5.91 Å². The predicted molar refractivity (Wildman–Crippen MR) is 95.8 cm³/mol. The summed E-state index contributed by atoms with van der Waals surface area (Å²) in [6.07, 6.45) is 3.42. The van der Waals surface area contributed by atoms with Gasteiger partial charge in [0.25, 0.3) is 0 Å². The van der Waals surface area contributed by atoms with E-state index in [0.717, 1.165) is 11.3 Å². The van der Waals surface area contributed by atoms with Crippen molar-refractivity contribution in [3.8, 4) is 5.69 Å². The van der Waals surface area contributed by atoms with Gasteiger partial charge in [0.05, 0.1) is 12.1 Å². The normalized spacial score (nSPS) is 14.4. The van der Waals surface area contributed by atoms with Crippen LogP contribution in [0.4, 0.5) is 10.2 Å². The zero-order valence-corrected chi connectivity index (χ0v) is 14.6. The summed E-state index contributed by atoms with van der Waals surface area (Å²) in [4.78, 5) is 20.4. The van der Waals surface area contributed by atoms with Gasteiger partial charge in [-0.15, -0.1) is 5.10 Å². The highest BCUT2D eigenvalue weighted by Crippen LogP contribution is 2.18. The molecule has 27 heavy (non-hydrogen) atoms. The molecule has 3 aromatic rings. The van der Waals surface area contributed by atoms with Crippen LogP contribution in [0.3, 0.4) is 0 Å². The van der Waals surface area contributed by atoms with Crippen LogP contribution in [-0.4, -0.2) is 62.2 Å². The molecule has 8 nitrogen and oxygen atoms in total. The smallest absolute Gasteiger partial charge is 0.227 e. The van der Waals surface area contributed by atoms with E-state index in [1.54, 1.807) is 16.9 Å². The van der Waals surface area contributed by atoms with Crippen LogP contribution in [0.15, 0.2) is 48.9 Å². The van der Waals surface area contributed by atoms with Crippen LogP contribution in [0, 0.1) is 5.82 Å². The first kappa shape index (κ1) is 17.1. The molecule has 0 unspecified atom stereocenters. The maximum absolute atomic E-state index is 13.9. The lowest BCUT2D eigenvalue weighted by Crippen LogP contribution is -2.49. The number of nitrogens with zero attached hydrogens (tertiary/aromatic N) is 7. The molecule has 1 aromatic carbocycles. The molecule has 0 bridgehead atoms. The molecular formula is C18H18FN7O. The fourth-order valence-electron chi connectivity index (χ4n) is 3.11. The molecule has 1 aliphatic heterocycles. The molecule has 1 saturated heterocycles. The number of halogens is 1. The third-order valence-corrected chi connectivity index (χ3v) is 4.58. The van der Waals surface area contributed by atoms with E-state index in [1.165, 1.54) is 12.4 Å². The fourth-order valence-corrected chi connectivity index (χ4v) is 3.11. The van der Waals surface area contributed by atoms with E-state index in [-0.39, 0.29) is 11.7 Å². The van der Waals surface area contributed by atoms with Crippen molar-refractivity contribution >= 4 is 11.7 Å². The SMILES string of the molecule is O=C(Cc1ccc(-n2cnnn2)cc1)N1CCN(c2ncccc2F)CC1. The summed E-state index contributed by atoms with van der Waals surface area (Å²) in [6, 6.07) is 10.5. The van der Waals surface area contributed by atoms with E-state index in [2.05, 4.69) is 20.5 Å². The van der Waals surface area contributed by atoms with Gasteiger partial charge in [-0.25, -0.2) is 14.1 Å². The molecule has 0 spiro atoms. The Morgan fingerprint density at radius 3 is 2.52 bits per heavy atom. The lowest BCUT2D eigenvalue weighted by Gasteiger charge is -2.35. The van der Waals surface area contributed by atoms with Crippen molar-refractivity contribution < 1.29 is 9.18 Å². The summed E-state index contributed by atoms with van der Waals surface area (Å²) in [5.74, 6) is 0.0778. The van der Waals surface area contributed by atoms with Crippen molar-refractivity contribution in [3.63, 3.8) is 0 Å². The maximum Gasteiger partial charge on any atom is 0.227 e. The largest absolute Gasteiger partial charge is 0.351 e. The number of anilines is 1. The lowest BCUT2D eigenvalue weighted by molar-refractivity contribution is -0.130. The number of hydrogen-bond donors (Lipinski definition) is 0. The van der Waals surface area contributed by atoms with Crippen molar-refractivity contribution in [3.05, 3.63) is 60.3 Å². The Bertz CT molecular complexity index is 906. The Morgan fingerprint density at radius 1 is 1.07 bits per heavy atom. The minimum absolute atomic E-state index is 0.0614. The number of hydrogen-bond acceptors (Lipinski definition) is 6. The Balaban J connectivity index is 1.34. The van der Waals surface area contributed by atoms with E-state index >= 15 is 0 Å². The predicted octanol–water partition coefficient (Wildman–Crippen LogP) is 1.09. The first-order valence-electron chi connectivity index (χ1n) is 8.66. The third kappa shape index (κ3) is 3.76. The molecule has 1 fully saturated rings. The summed E-state index contributed by atoms with van der Waals surface area (Å²) in [5.41, 5.74) is 1.76. The molecule has 0 radical (unpaired) electrons. The number of piperazine rings is 1. The second kappa shape index (κ2) is 7.48. The average Bonchev–Trinajstić information content (AvgIpc) is 3.24. The number of aromatic nitrogens is 5. The van der Waals surface area contributed by atoms with E-state index in [4.69, 9.17) is 0 Å². The van der Waals surface area contributed by atoms with Gasteiger partial charge in [0.15, 0.2) is 11.6 Å². The molecule has 1 aliphatic rings. The van der Waals surface area contributed by atoms with Crippen LogP contribution >= 0.6 is 0 Å². The van der Waals surface area contributed by atoms with Crippen LogP contribution < -0.4 is 4.90 Å². The minimum Gasteiger partial charge on any atom is -0.351 e. The summed E-state index contributed by atoms with van der Waals surface area (Å²) in [5, 5.41) is 11.0.